The highest BCUT2D eigenvalue weighted by Crippen LogP contribution is 2.37. The molecule has 7 heteroatoms. The van der Waals surface area contributed by atoms with E-state index in [-0.39, 0.29) is 5.91 Å². The molecule has 1 saturated carbocycles. The van der Waals surface area contributed by atoms with Crippen molar-refractivity contribution in [3.63, 3.8) is 0 Å². The molecule has 1 fully saturated rings. The average Bonchev–Trinajstić information content (AvgIpc) is 3.37. The number of hydrogen-bond donors (Lipinski definition) is 1. The largest absolute Gasteiger partial charge is 0.465 e. The maximum atomic E-state index is 12.6. The van der Waals surface area contributed by atoms with E-state index >= 15 is 0 Å². The number of carbonyl (C=O) groups is 2. The van der Waals surface area contributed by atoms with Gasteiger partial charge >= 0.3 is 5.97 Å². The van der Waals surface area contributed by atoms with Crippen molar-refractivity contribution >= 4 is 28.2 Å². The zero-order valence-corrected chi connectivity index (χ0v) is 15.4. The molecule has 0 aromatic carbocycles. The van der Waals surface area contributed by atoms with Crippen molar-refractivity contribution in [1.29, 1.82) is 0 Å². The summed E-state index contributed by atoms with van der Waals surface area (Å²) in [6.45, 7) is 4.16. The lowest BCUT2D eigenvalue weighted by Crippen LogP contribution is -2.17. The number of ether oxygens (including phenoxy) is 1. The van der Waals surface area contributed by atoms with Crippen LogP contribution in [0.15, 0.2) is 17.6 Å². The number of nitrogens with one attached hydrogen (secondary N) is 1. The van der Waals surface area contributed by atoms with Gasteiger partial charge in [-0.25, -0.2) is 14.8 Å². The molecule has 0 unspecified atom stereocenters. The normalized spacial score (nSPS) is 13.8. The number of amides is 1. The highest BCUT2D eigenvalue weighted by atomic mass is 32.1. The van der Waals surface area contributed by atoms with E-state index in [0.29, 0.717) is 33.9 Å². The summed E-state index contributed by atoms with van der Waals surface area (Å²) in [4.78, 5) is 33.3. The molecule has 0 saturated heterocycles. The highest BCUT2D eigenvalue weighted by Gasteiger charge is 2.27. The van der Waals surface area contributed by atoms with Crippen LogP contribution in [0.2, 0.25) is 0 Å². The minimum Gasteiger partial charge on any atom is -0.465 e. The van der Waals surface area contributed by atoms with Crippen molar-refractivity contribution < 1.29 is 14.3 Å². The summed E-state index contributed by atoms with van der Waals surface area (Å²) in [5, 5.41) is 5.21. The maximum absolute atomic E-state index is 12.6. The second kappa shape index (κ2) is 7.31. The topological polar surface area (TPSA) is 81.2 Å². The zero-order valence-electron chi connectivity index (χ0n) is 14.5. The molecule has 3 rings (SSSR count). The summed E-state index contributed by atoms with van der Waals surface area (Å²) in [6.07, 6.45) is 4.49. The molecule has 0 bridgehead atoms. The van der Waals surface area contributed by atoms with E-state index in [1.54, 1.807) is 12.3 Å². The molecule has 0 aliphatic heterocycles. The van der Waals surface area contributed by atoms with E-state index in [1.165, 1.54) is 18.4 Å². The van der Waals surface area contributed by atoms with Gasteiger partial charge < -0.3 is 10.1 Å². The van der Waals surface area contributed by atoms with Crippen LogP contribution >= 0.6 is 11.3 Å². The van der Waals surface area contributed by atoms with Crippen molar-refractivity contribution in [1.82, 2.24) is 9.97 Å². The first kappa shape index (κ1) is 17.5. The molecule has 1 aliphatic carbocycles. The lowest BCUT2D eigenvalue weighted by molar-refractivity contribution is 0.0601. The Kier molecular flexibility index (Phi) is 5.13. The van der Waals surface area contributed by atoms with Gasteiger partial charge in [-0.1, -0.05) is 13.8 Å². The van der Waals surface area contributed by atoms with Gasteiger partial charge in [0.25, 0.3) is 5.91 Å². The van der Waals surface area contributed by atoms with Crippen LogP contribution in [0.25, 0.3) is 0 Å². The Hall–Kier alpha value is -2.28. The molecule has 0 spiro atoms. The van der Waals surface area contributed by atoms with Gasteiger partial charge in [-0.05, 0) is 42.2 Å². The lowest BCUT2D eigenvalue weighted by Gasteiger charge is -2.09. The Bertz CT molecular complexity index is 797. The third-order valence-corrected chi connectivity index (χ3v) is 4.91. The van der Waals surface area contributed by atoms with E-state index in [4.69, 9.17) is 4.74 Å². The van der Waals surface area contributed by atoms with E-state index < -0.39 is 5.97 Å². The van der Waals surface area contributed by atoms with Gasteiger partial charge in [0, 0.05) is 12.1 Å². The molecule has 1 N–H and O–H groups in total. The van der Waals surface area contributed by atoms with Gasteiger partial charge in [0.2, 0.25) is 0 Å². The molecular formula is C18H21N3O3S. The van der Waals surface area contributed by atoms with Crippen molar-refractivity contribution in [2.45, 2.75) is 39.0 Å². The molecule has 25 heavy (non-hydrogen) atoms. The van der Waals surface area contributed by atoms with E-state index in [1.807, 2.05) is 5.38 Å². The van der Waals surface area contributed by atoms with Crippen LogP contribution in [0, 0.1) is 5.92 Å². The number of thiophene rings is 1. The molecule has 6 nitrogen and oxygen atoms in total. The third-order valence-electron chi connectivity index (χ3n) is 3.96. The molecule has 0 radical (unpaired) electrons. The van der Waals surface area contributed by atoms with Crippen LogP contribution in [-0.4, -0.2) is 29.0 Å². The van der Waals surface area contributed by atoms with Crippen molar-refractivity contribution in [3.05, 3.63) is 40.3 Å². The fourth-order valence-corrected chi connectivity index (χ4v) is 3.57. The Balaban J connectivity index is 1.84. The summed E-state index contributed by atoms with van der Waals surface area (Å²) in [5.74, 6) is 0.704. The van der Waals surface area contributed by atoms with Crippen LogP contribution in [0.5, 0.6) is 0 Å². The van der Waals surface area contributed by atoms with Gasteiger partial charge in [-0.2, -0.15) is 0 Å². The number of rotatable bonds is 6. The summed E-state index contributed by atoms with van der Waals surface area (Å²) in [5.41, 5.74) is 1.64. The minimum atomic E-state index is -0.437. The summed E-state index contributed by atoms with van der Waals surface area (Å²) in [6, 6.07) is 1.58. The first-order valence-corrected chi connectivity index (χ1v) is 9.20. The zero-order chi connectivity index (χ0) is 18.0. The molecule has 2 heterocycles. The van der Waals surface area contributed by atoms with E-state index in [9.17, 15) is 9.59 Å². The molecule has 1 aliphatic rings. The van der Waals surface area contributed by atoms with Crippen LogP contribution in [-0.2, 0) is 11.2 Å². The molecule has 0 atom stereocenters. The fraction of sp³-hybridized carbons (Fsp3) is 0.444. The number of aromatic nitrogens is 2. The van der Waals surface area contributed by atoms with Crippen LogP contribution in [0.3, 0.4) is 0 Å². The second-order valence-electron chi connectivity index (χ2n) is 6.58. The Morgan fingerprint density at radius 3 is 2.80 bits per heavy atom. The number of esters is 1. The van der Waals surface area contributed by atoms with Crippen LogP contribution in [0.4, 0.5) is 5.00 Å². The number of carbonyl (C=O) groups excluding carboxylic acids is 2. The monoisotopic (exact) mass is 359 g/mol. The van der Waals surface area contributed by atoms with Crippen LogP contribution < -0.4 is 5.32 Å². The number of methoxy groups -OCH3 is 1. The second-order valence-corrected chi connectivity index (χ2v) is 7.46. The predicted molar refractivity (Wildman–Crippen MR) is 96.2 cm³/mol. The SMILES string of the molecule is COC(=O)c1c(CC(C)C)csc1NC(=O)c1ccnc(C2CC2)n1. The predicted octanol–water partition coefficient (Wildman–Crippen LogP) is 3.65. The van der Waals surface area contributed by atoms with Crippen molar-refractivity contribution in [2.75, 3.05) is 12.4 Å². The Morgan fingerprint density at radius 2 is 2.16 bits per heavy atom. The standard InChI is InChI=1S/C18H21N3O3S/c1-10(2)8-12-9-25-17(14(12)18(23)24-3)21-16(22)13-6-7-19-15(20-13)11-4-5-11/h6-7,9-11H,4-5,8H2,1-3H3,(H,21,22). The van der Waals surface area contributed by atoms with Gasteiger partial charge in [0.15, 0.2) is 0 Å². The molecule has 2 aromatic heterocycles. The summed E-state index contributed by atoms with van der Waals surface area (Å²) >= 11 is 1.33. The van der Waals surface area contributed by atoms with Gasteiger partial charge in [0.1, 0.15) is 16.5 Å². The summed E-state index contributed by atoms with van der Waals surface area (Å²) < 4.78 is 4.89. The van der Waals surface area contributed by atoms with Crippen molar-refractivity contribution in [3.8, 4) is 0 Å². The molecule has 132 valence electrons. The van der Waals surface area contributed by atoms with Gasteiger partial charge in [0.05, 0.1) is 12.7 Å². The van der Waals surface area contributed by atoms with Gasteiger partial charge in [-0.3, -0.25) is 4.79 Å². The fourth-order valence-electron chi connectivity index (χ4n) is 2.61. The van der Waals surface area contributed by atoms with E-state index in [0.717, 1.165) is 24.8 Å². The third kappa shape index (κ3) is 4.04. The van der Waals surface area contributed by atoms with Crippen LogP contribution in [0.1, 0.15) is 64.8 Å². The number of anilines is 1. The molecule has 1 amide bonds. The highest BCUT2D eigenvalue weighted by molar-refractivity contribution is 7.15. The number of hydrogen-bond acceptors (Lipinski definition) is 6. The Morgan fingerprint density at radius 1 is 1.40 bits per heavy atom. The summed E-state index contributed by atoms with van der Waals surface area (Å²) in [7, 11) is 1.34. The first-order valence-electron chi connectivity index (χ1n) is 8.32. The maximum Gasteiger partial charge on any atom is 0.341 e. The molecular weight excluding hydrogens is 338 g/mol. The Labute approximate surface area is 150 Å². The smallest absolute Gasteiger partial charge is 0.341 e. The van der Waals surface area contributed by atoms with Gasteiger partial charge in [-0.15, -0.1) is 11.3 Å². The van der Waals surface area contributed by atoms with E-state index in [2.05, 4.69) is 29.1 Å². The average molecular weight is 359 g/mol. The quantitative estimate of drug-likeness (QED) is 0.796. The minimum absolute atomic E-state index is 0.312. The van der Waals surface area contributed by atoms with Crippen molar-refractivity contribution in [2.24, 2.45) is 5.92 Å². The molecule has 2 aromatic rings. The number of nitrogens with zero attached hydrogens (tertiary/aromatic N) is 2. The lowest BCUT2D eigenvalue weighted by atomic mass is 10.0. The first-order chi connectivity index (χ1) is 12.0.